The van der Waals surface area contributed by atoms with Crippen LogP contribution in [-0.4, -0.2) is 79.5 Å². The number of hydrogen-bond donors (Lipinski definition) is 0. The Morgan fingerprint density at radius 2 is 1.48 bits per heavy atom. The van der Waals surface area contributed by atoms with Crippen LogP contribution in [0.1, 0.15) is 50.9 Å². The van der Waals surface area contributed by atoms with E-state index in [9.17, 15) is 4.79 Å². The average Bonchev–Trinajstić information content (AvgIpc) is 2.95. The lowest BCUT2D eigenvalue weighted by molar-refractivity contribution is 0.00159. The molecule has 0 unspecified atom stereocenters. The van der Waals surface area contributed by atoms with Crippen molar-refractivity contribution in [1.82, 2.24) is 9.80 Å². The number of morpholine rings is 1. The fourth-order valence-electron chi connectivity index (χ4n) is 4.32. The lowest BCUT2D eigenvalue weighted by Gasteiger charge is -2.40. The van der Waals surface area contributed by atoms with Gasteiger partial charge >= 0.3 is 7.12 Å². The zero-order chi connectivity index (χ0) is 20.6. The number of carbonyl (C=O) groups is 1. The van der Waals surface area contributed by atoms with E-state index in [0.29, 0.717) is 6.04 Å². The second kappa shape index (κ2) is 8.02. The summed E-state index contributed by atoms with van der Waals surface area (Å²) < 4.78 is 17.7. The maximum Gasteiger partial charge on any atom is 0.494 e. The molecular formula is C22H33BN2O4. The Bertz CT molecular complexity index is 707. The summed E-state index contributed by atoms with van der Waals surface area (Å²) >= 11 is 0. The van der Waals surface area contributed by atoms with Crippen LogP contribution in [0.4, 0.5) is 0 Å². The van der Waals surface area contributed by atoms with Gasteiger partial charge in [0.25, 0.3) is 5.91 Å². The SMILES string of the molecule is CC1(C)OB(c2ccc(C(=O)N3CCC(N4CCOCC4)CC3)cc2)OC1(C)C. The van der Waals surface area contributed by atoms with Crippen LogP contribution < -0.4 is 5.46 Å². The molecule has 0 spiro atoms. The fourth-order valence-corrected chi connectivity index (χ4v) is 4.32. The van der Waals surface area contributed by atoms with Crippen LogP contribution in [0.5, 0.6) is 0 Å². The molecule has 3 aliphatic heterocycles. The van der Waals surface area contributed by atoms with E-state index in [2.05, 4.69) is 4.90 Å². The molecule has 0 aromatic heterocycles. The highest BCUT2D eigenvalue weighted by Crippen LogP contribution is 2.36. The molecule has 3 heterocycles. The molecule has 3 fully saturated rings. The summed E-state index contributed by atoms with van der Waals surface area (Å²) in [6, 6.07) is 8.29. The minimum absolute atomic E-state index is 0.117. The van der Waals surface area contributed by atoms with Crippen LogP contribution in [-0.2, 0) is 14.0 Å². The minimum Gasteiger partial charge on any atom is -0.399 e. The van der Waals surface area contributed by atoms with E-state index in [1.165, 1.54) is 0 Å². The van der Waals surface area contributed by atoms with Crippen molar-refractivity contribution in [2.75, 3.05) is 39.4 Å². The molecule has 0 bridgehead atoms. The summed E-state index contributed by atoms with van der Waals surface area (Å²) in [4.78, 5) is 17.5. The van der Waals surface area contributed by atoms with E-state index < -0.39 is 7.12 Å². The third-order valence-corrected chi connectivity index (χ3v) is 7.00. The van der Waals surface area contributed by atoms with Crippen molar-refractivity contribution in [2.45, 2.75) is 57.8 Å². The molecule has 3 saturated heterocycles. The van der Waals surface area contributed by atoms with Gasteiger partial charge in [-0.05, 0) is 58.1 Å². The fraction of sp³-hybridized carbons (Fsp3) is 0.682. The van der Waals surface area contributed by atoms with Crippen molar-refractivity contribution < 1.29 is 18.8 Å². The molecule has 6 nitrogen and oxygen atoms in total. The molecule has 7 heteroatoms. The minimum atomic E-state index is -0.395. The van der Waals surface area contributed by atoms with Gasteiger partial charge in [0.05, 0.1) is 24.4 Å². The van der Waals surface area contributed by atoms with Crippen molar-refractivity contribution >= 4 is 18.5 Å². The first-order valence-corrected chi connectivity index (χ1v) is 10.8. The Morgan fingerprint density at radius 1 is 0.931 bits per heavy atom. The first kappa shape index (κ1) is 20.9. The molecule has 0 N–H and O–H groups in total. The third-order valence-electron chi connectivity index (χ3n) is 7.00. The number of rotatable bonds is 3. The first-order chi connectivity index (χ1) is 13.8. The summed E-state index contributed by atoms with van der Waals surface area (Å²) in [6.45, 7) is 13.5. The summed E-state index contributed by atoms with van der Waals surface area (Å²) in [5.41, 5.74) is 0.954. The van der Waals surface area contributed by atoms with E-state index in [0.717, 1.165) is 63.3 Å². The highest BCUT2D eigenvalue weighted by atomic mass is 16.7. The lowest BCUT2D eigenvalue weighted by Crippen LogP contribution is -2.50. The Hall–Kier alpha value is -1.41. The van der Waals surface area contributed by atoms with Gasteiger partial charge in [-0.2, -0.15) is 0 Å². The highest BCUT2D eigenvalue weighted by molar-refractivity contribution is 6.62. The van der Waals surface area contributed by atoms with Crippen LogP contribution in [0.25, 0.3) is 0 Å². The van der Waals surface area contributed by atoms with Crippen LogP contribution in [0.15, 0.2) is 24.3 Å². The predicted molar refractivity (Wildman–Crippen MR) is 113 cm³/mol. The number of piperidine rings is 1. The Morgan fingerprint density at radius 3 is 2.03 bits per heavy atom. The smallest absolute Gasteiger partial charge is 0.399 e. The third kappa shape index (κ3) is 4.24. The van der Waals surface area contributed by atoms with E-state index in [4.69, 9.17) is 14.0 Å². The number of hydrogen-bond acceptors (Lipinski definition) is 5. The molecule has 0 atom stereocenters. The molecule has 4 rings (SSSR count). The van der Waals surface area contributed by atoms with Crippen molar-refractivity contribution in [3.8, 4) is 0 Å². The molecule has 1 aromatic rings. The van der Waals surface area contributed by atoms with E-state index in [1.54, 1.807) is 0 Å². The van der Waals surface area contributed by atoms with Crippen LogP contribution in [0, 0.1) is 0 Å². The summed E-state index contributed by atoms with van der Waals surface area (Å²) in [6.07, 6.45) is 2.08. The first-order valence-electron chi connectivity index (χ1n) is 10.8. The maximum absolute atomic E-state index is 13.0. The summed E-state index contributed by atoms with van der Waals surface area (Å²) in [5.74, 6) is 0.117. The number of nitrogens with zero attached hydrogens (tertiary/aromatic N) is 2. The molecule has 1 aromatic carbocycles. The van der Waals surface area contributed by atoms with Crippen molar-refractivity contribution in [3.05, 3.63) is 29.8 Å². The second-order valence-electron chi connectivity index (χ2n) is 9.38. The van der Waals surface area contributed by atoms with Gasteiger partial charge in [0, 0.05) is 37.8 Å². The predicted octanol–water partition coefficient (Wildman–Crippen LogP) is 1.92. The molecule has 158 valence electrons. The summed E-state index contributed by atoms with van der Waals surface area (Å²) in [5, 5.41) is 0. The number of likely N-dealkylation sites (tertiary alicyclic amines) is 1. The molecule has 0 radical (unpaired) electrons. The molecular weight excluding hydrogens is 367 g/mol. The Labute approximate surface area is 174 Å². The lowest BCUT2D eigenvalue weighted by atomic mass is 9.79. The number of carbonyl (C=O) groups excluding carboxylic acids is 1. The zero-order valence-corrected chi connectivity index (χ0v) is 18.1. The van der Waals surface area contributed by atoms with E-state index in [1.807, 2.05) is 56.9 Å². The van der Waals surface area contributed by atoms with Crippen molar-refractivity contribution in [3.63, 3.8) is 0 Å². The van der Waals surface area contributed by atoms with Gasteiger partial charge < -0.3 is 18.9 Å². The van der Waals surface area contributed by atoms with Crippen molar-refractivity contribution in [2.24, 2.45) is 0 Å². The van der Waals surface area contributed by atoms with E-state index >= 15 is 0 Å². The summed E-state index contributed by atoms with van der Waals surface area (Å²) in [7, 11) is -0.395. The topological polar surface area (TPSA) is 51.2 Å². The normalized spacial score (nSPS) is 25.4. The van der Waals surface area contributed by atoms with Gasteiger partial charge in [0.15, 0.2) is 0 Å². The van der Waals surface area contributed by atoms with Crippen LogP contribution >= 0.6 is 0 Å². The maximum atomic E-state index is 13.0. The Kier molecular flexibility index (Phi) is 5.77. The standard InChI is InChI=1S/C22H33BN2O4/c1-21(2)22(3,4)29-23(28-21)18-7-5-17(6-8-18)20(26)25-11-9-19(10-12-25)24-13-15-27-16-14-24/h5-8,19H,9-16H2,1-4H3. The molecule has 0 aliphatic carbocycles. The molecule has 0 saturated carbocycles. The van der Waals surface area contributed by atoms with Crippen molar-refractivity contribution in [1.29, 1.82) is 0 Å². The van der Waals surface area contributed by atoms with Crippen LogP contribution in [0.3, 0.4) is 0 Å². The van der Waals surface area contributed by atoms with Gasteiger partial charge in [0.1, 0.15) is 0 Å². The van der Waals surface area contributed by atoms with E-state index in [-0.39, 0.29) is 17.1 Å². The van der Waals surface area contributed by atoms with Gasteiger partial charge in [-0.3, -0.25) is 9.69 Å². The Balaban J connectivity index is 1.34. The highest BCUT2D eigenvalue weighted by Gasteiger charge is 2.51. The molecule has 3 aliphatic rings. The zero-order valence-electron chi connectivity index (χ0n) is 18.1. The largest absolute Gasteiger partial charge is 0.494 e. The average molecular weight is 400 g/mol. The number of ether oxygens (including phenoxy) is 1. The molecule has 1 amide bonds. The quantitative estimate of drug-likeness (QED) is 0.726. The van der Waals surface area contributed by atoms with Crippen LogP contribution in [0.2, 0.25) is 0 Å². The van der Waals surface area contributed by atoms with Gasteiger partial charge in [-0.1, -0.05) is 12.1 Å². The van der Waals surface area contributed by atoms with Gasteiger partial charge in [-0.15, -0.1) is 0 Å². The van der Waals surface area contributed by atoms with Gasteiger partial charge in [-0.25, -0.2) is 0 Å². The monoisotopic (exact) mass is 400 g/mol. The van der Waals surface area contributed by atoms with Gasteiger partial charge in [0.2, 0.25) is 0 Å². The number of amides is 1. The molecule has 29 heavy (non-hydrogen) atoms. The second-order valence-corrected chi connectivity index (χ2v) is 9.38. The number of benzene rings is 1.